The van der Waals surface area contributed by atoms with Crippen LogP contribution in [0.2, 0.25) is 0 Å². The van der Waals surface area contributed by atoms with Crippen LogP contribution in [0.1, 0.15) is 12.8 Å². The summed E-state index contributed by atoms with van der Waals surface area (Å²) in [5.74, 6) is 3.24. The summed E-state index contributed by atoms with van der Waals surface area (Å²) >= 11 is 7.64. The molecule has 0 aromatic heterocycles. The average Bonchev–Trinajstić information content (AvgIpc) is 2.83. The molecule has 16 heavy (non-hydrogen) atoms. The number of amides is 1. The normalized spacial score (nSPS) is 27.3. The number of hydrogen-bond acceptors (Lipinski definition) is 3. The molecule has 1 unspecified atom stereocenters. The van der Waals surface area contributed by atoms with Crippen molar-refractivity contribution in [3.05, 3.63) is 0 Å². The fourth-order valence-corrected chi connectivity index (χ4v) is 3.80. The summed E-state index contributed by atoms with van der Waals surface area (Å²) < 4.78 is 0. The minimum absolute atomic E-state index is 0.218. The van der Waals surface area contributed by atoms with Crippen molar-refractivity contribution in [2.24, 2.45) is 0 Å². The first-order valence-electron chi connectivity index (χ1n) is 5.97. The first kappa shape index (κ1) is 12.5. The molecule has 0 saturated carbocycles. The average molecular weight is 263 g/mol. The topological polar surface area (TPSA) is 23.6 Å². The van der Waals surface area contributed by atoms with Crippen molar-refractivity contribution in [3.8, 4) is 0 Å². The summed E-state index contributed by atoms with van der Waals surface area (Å²) in [6.07, 6.45) is 1.81. The van der Waals surface area contributed by atoms with E-state index in [-0.39, 0.29) is 5.91 Å². The summed E-state index contributed by atoms with van der Waals surface area (Å²) in [4.78, 5) is 16.2. The van der Waals surface area contributed by atoms with Gasteiger partial charge in [0.05, 0.1) is 0 Å². The van der Waals surface area contributed by atoms with Crippen LogP contribution < -0.4 is 0 Å². The van der Waals surface area contributed by atoms with Gasteiger partial charge in [-0.05, 0) is 12.2 Å². The molecule has 2 aliphatic heterocycles. The highest BCUT2D eigenvalue weighted by Gasteiger charge is 2.27. The van der Waals surface area contributed by atoms with Gasteiger partial charge >= 0.3 is 0 Å². The van der Waals surface area contributed by atoms with Crippen molar-refractivity contribution in [2.45, 2.75) is 18.9 Å². The fourth-order valence-electron chi connectivity index (χ4n) is 2.39. The van der Waals surface area contributed by atoms with E-state index in [9.17, 15) is 4.79 Å². The van der Waals surface area contributed by atoms with E-state index in [1.165, 1.54) is 17.9 Å². The number of hydrogen-bond donors (Lipinski definition) is 0. The van der Waals surface area contributed by atoms with Crippen molar-refractivity contribution >= 4 is 29.3 Å². The third-order valence-electron chi connectivity index (χ3n) is 3.40. The summed E-state index contributed by atoms with van der Waals surface area (Å²) in [6, 6.07) is 0.760. The maximum atomic E-state index is 11.6. The minimum Gasteiger partial charge on any atom is -0.340 e. The zero-order valence-electron chi connectivity index (χ0n) is 9.53. The Bertz CT molecular complexity index is 238. The fraction of sp³-hybridized carbons (Fsp3) is 0.909. The SMILES string of the molecule is O=C(CCCl)N1CCN(C2CCSC2)CC1. The molecule has 0 aliphatic carbocycles. The number of alkyl halides is 1. The van der Waals surface area contributed by atoms with E-state index < -0.39 is 0 Å². The van der Waals surface area contributed by atoms with Crippen molar-refractivity contribution < 1.29 is 4.79 Å². The van der Waals surface area contributed by atoms with Crippen molar-refractivity contribution in [3.63, 3.8) is 0 Å². The van der Waals surface area contributed by atoms with Gasteiger partial charge < -0.3 is 4.90 Å². The Labute approximate surface area is 106 Å². The quantitative estimate of drug-likeness (QED) is 0.716. The Morgan fingerprint density at radius 3 is 2.62 bits per heavy atom. The maximum Gasteiger partial charge on any atom is 0.223 e. The molecule has 0 bridgehead atoms. The van der Waals surface area contributed by atoms with E-state index in [0.717, 1.165) is 32.2 Å². The van der Waals surface area contributed by atoms with Gasteiger partial charge in [-0.1, -0.05) is 0 Å². The van der Waals surface area contributed by atoms with E-state index in [1.54, 1.807) is 0 Å². The molecule has 5 heteroatoms. The van der Waals surface area contributed by atoms with Gasteiger partial charge in [0, 0.05) is 50.3 Å². The van der Waals surface area contributed by atoms with Crippen LogP contribution in [0.5, 0.6) is 0 Å². The van der Waals surface area contributed by atoms with E-state index in [4.69, 9.17) is 11.6 Å². The van der Waals surface area contributed by atoms with Gasteiger partial charge in [0.25, 0.3) is 0 Å². The summed E-state index contributed by atoms with van der Waals surface area (Å²) in [7, 11) is 0. The van der Waals surface area contributed by atoms with E-state index in [1.807, 2.05) is 4.90 Å². The predicted molar refractivity (Wildman–Crippen MR) is 69.2 cm³/mol. The zero-order chi connectivity index (χ0) is 11.4. The monoisotopic (exact) mass is 262 g/mol. The number of carbonyl (C=O) groups is 1. The number of piperazine rings is 1. The highest BCUT2D eigenvalue weighted by molar-refractivity contribution is 7.99. The molecule has 2 heterocycles. The number of nitrogens with zero attached hydrogens (tertiary/aromatic N) is 2. The Hall–Kier alpha value is 0.0700. The summed E-state index contributed by atoms with van der Waals surface area (Å²) in [5, 5.41) is 0. The van der Waals surface area contributed by atoms with Crippen molar-refractivity contribution in [2.75, 3.05) is 43.6 Å². The smallest absolute Gasteiger partial charge is 0.223 e. The van der Waals surface area contributed by atoms with Gasteiger partial charge in [-0.25, -0.2) is 0 Å². The van der Waals surface area contributed by atoms with Gasteiger partial charge in [-0.2, -0.15) is 11.8 Å². The van der Waals surface area contributed by atoms with Crippen molar-refractivity contribution in [1.82, 2.24) is 9.80 Å². The lowest BCUT2D eigenvalue weighted by molar-refractivity contribution is -0.132. The van der Waals surface area contributed by atoms with Crippen molar-refractivity contribution in [1.29, 1.82) is 0 Å². The zero-order valence-corrected chi connectivity index (χ0v) is 11.1. The second-order valence-corrected chi connectivity index (χ2v) is 5.90. The highest BCUT2D eigenvalue weighted by atomic mass is 35.5. The summed E-state index contributed by atoms with van der Waals surface area (Å²) in [6.45, 7) is 3.85. The molecule has 3 nitrogen and oxygen atoms in total. The maximum absolute atomic E-state index is 11.6. The third-order valence-corrected chi connectivity index (χ3v) is 4.73. The molecular weight excluding hydrogens is 244 g/mol. The van der Waals surface area contributed by atoms with Gasteiger partial charge in [0.15, 0.2) is 0 Å². The number of thioether (sulfide) groups is 1. The van der Waals surface area contributed by atoms with E-state index in [0.29, 0.717) is 12.3 Å². The number of carbonyl (C=O) groups excluding carboxylic acids is 1. The lowest BCUT2D eigenvalue weighted by Crippen LogP contribution is -2.52. The van der Waals surface area contributed by atoms with Crippen LogP contribution >= 0.6 is 23.4 Å². The standard InChI is InChI=1S/C11H19ClN2OS/c12-3-1-11(15)14-6-4-13(5-7-14)10-2-8-16-9-10/h10H,1-9H2. The van der Waals surface area contributed by atoms with Gasteiger partial charge in [0.2, 0.25) is 5.91 Å². The molecule has 2 fully saturated rings. The largest absolute Gasteiger partial charge is 0.340 e. The molecule has 92 valence electrons. The van der Waals surface area contributed by atoms with Crippen LogP contribution in [-0.4, -0.2) is 65.3 Å². The second-order valence-electron chi connectivity index (χ2n) is 4.37. The predicted octanol–water partition coefficient (Wildman–Crippen LogP) is 1.27. The Morgan fingerprint density at radius 2 is 2.06 bits per heavy atom. The Balaban J connectivity index is 1.75. The molecule has 2 saturated heterocycles. The van der Waals surface area contributed by atoms with Gasteiger partial charge in [-0.15, -0.1) is 11.6 Å². The van der Waals surface area contributed by atoms with Crippen LogP contribution in [0.3, 0.4) is 0 Å². The van der Waals surface area contributed by atoms with E-state index in [2.05, 4.69) is 16.7 Å². The highest BCUT2D eigenvalue weighted by Crippen LogP contribution is 2.23. The summed E-state index contributed by atoms with van der Waals surface area (Å²) in [5.41, 5.74) is 0. The van der Waals surface area contributed by atoms with E-state index >= 15 is 0 Å². The first-order chi connectivity index (χ1) is 7.81. The Kier molecular flexibility index (Phi) is 4.79. The molecule has 1 amide bonds. The van der Waals surface area contributed by atoms with Crippen LogP contribution in [-0.2, 0) is 4.79 Å². The molecule has 0 spiro atoms. The second kappa shape index (κ2) is 6.12. The van der Waals surface area contributed by atoms with Crippen LogP contribution in [0.15, 0.2) is 0 Å². The molecule has 0 aromatic rings. The molecule has 2 rings (SSSR count). The third kappa shape index (κ3) is 3.05. The number of rotatable bonds is 3. The van der Waals surface area contributed by atoms with Gasteiger partial charge in [-0.3, -0.25) is 9.69 Å². The van der Waals surface area contributed by atoms with Crippen LogP contribution in [0.4, 0.5) is 0 Å². The lowest BCUT2D eigenvalue weighted by Gasteiger charge is -2.37. The molecule has 1 atom stereocenters. The van der Waals surface area contributed by atoms with Gasteiger partial charge in [0.1, 0.15) is 0 Å². The van der Waals surface area contributed by atoms with Crippen LogP contribution in [0.25, 0.3) is 0 Å². The van der Waals surface area contributed by atoms with Crippen LogP contribution in [0, 0.1) is 0 Å². The Morgan fingerprint density at radius 1 is 1.31 bits per heavy atom. The molecule has 0 N–H and O–H groups in total. The lowest BCUT2D eigenvalue weighted by atomic mass is 10.2. The molecule has 0 radical (unpaired) electrons. The molecule has 2 aliphatic rings. The minimum atomic E-state index is 0.218. The molecule has 0 aromatic carbocycles. The number of halogens is 1. The molecular formula is C11H19ClN2OS. The first-order valence-corrected chi connectivity index (χ1v) is 7.65.